The van der Waals surface area contributed by atoms with Crippen LogP contribution in [0.5, 0.6) is 5.75 Å². The Morgan fingerprint density at radius 2 is 1.96 bits per heavy atom. The molecule has 0 bridgehead atoms. The molecule has 0 spiro atoms. The van der Waals surface area contributed by atoms with Crippen molar-refractivity contribution >= 4 is 32.6 Å². The van der Waals surface area contributed by atoms with Crippen LogP contribution in [0.15, 0.2) is 59.6 Å². The highest BCUT2D eigenvalue weighted by Gasteiger charge is 2.22. The Kier molecular flexibility index (Phi) is 4.77. The first-order chi connectivity index (χ1) is 12.4. The van der Waals surface area contributed by atoms with Crippen molar-refractivity contribution in [1.29, 1.82) is 0 Å². The predicted molar refractivity (Wildman–Crippen MR) is 96.9 cm³/mol. The van der Waals surface area contributed by atoms with Crippen LogP contribution in [0.3, 0.4) is 0 Å². The zero-order chi connectivity index (χ0) is 18.7. The maximum absolute atomic E-state index is 12.9. The van der Waals surface area contributed by atoms with E-state index in [1.165, 1.54) is 25.3 Å². The summed E-state index contributed by atoms with van der Waals surface area (Å²) in [6.07, 6.45) is 1.29. The molecule has 0 saturated heterocycles. The number of rotatable bonds is 6. The molecule has 0 saturated carbocycles. The Bertz CT molecular complexity index is 1070. The summed E-state index contributed by atoms with van der Waals surface area (Å²) in [5.41, 5.74) is 1.20. The summed E-state index contributed by atoms with van der Waals surface area (Å²) >= 11 is 0. The number of anilines is 1. The van der Waals surface area contributed by atoms with E-state index in [-0.39, 0.29) is 17.1 Å². The van der Waals surface area contributed by atoms with Gasteiger partial charge in [0.15, 0.2) is 0 Å². The molecule has 0 atom stereocenters. The van der Waals surface area contributed by atoms with Crippen molar-refractivity contribution in [1.82, 2.24) is 4.98 Å². The van der Waals surface area contributed by atoms with Gasteiger partial charge in [-0.15, -0.1) is 0 Å². The number of benzene rings is 2. The third-order valence-electron chi connectivity index (χ3n) is 3.75. The molecule has 0 radical (unpaired) electrons. The van der Waals surface area contributed by atoms with Gasteiger partial charge in [-0.1, -0.05) is 24.3 Å². The Morgan fingerprint density at radius 3 is 2.69 bits per heavy atom. The van der Waals surface area contributed by atoms with E-state index in [0.29, 0.717) is 16.8 Å². The zero-order valence-electron chi connectivity index (χ0n) is 13.8. The molecule has 8 heteroatoms. The fourth-order valence-corrected chi connectivity index (χ4v) is 3.89. The number of ether oxygens (including phenoxy) is 1. The quantitative estimate of drug-likeness (QED) is 0.689. The molecule has 1 aromatic heterocycles. The first-order valence-electron chi connectivity index (χ1n) is 7.66. The summed E-state index contributed by atoms with van der Waals surface area (Å²) in [5.74, 6) is -0.926. The first kappa shape index (κ1) is 17.7. The fraction of sp³-hybridized carbons (Fsp3) is 0.111. The first-order valence-corrected chi connectivity index (χ1v) is 9.14. The zero-order valence-corrected chi connectivity index (χ0v) is 14.7. The maximum atomic E-state index is 12.9. The number of sulfonamides is 1. The average Bonchev–Trinajstić information content (AvgIpc) is 2.61. The molecular weight excluding hydrogens is 356 g/mol. The number of nitrogens with one attached hydrogen (secondary N) is 1. The van der Waals surface area contributed by atoms with Crippen LogP contribution >= 0.6 is 0 Å². The molecule has 7 nitrogen and oxygen atoms in total. The van der Waals surface area contributed by atoms with Crippen LogP contribution in [0.25, 0.3) is 10.9 Å². The van der Waals surface area contributed by atoms with Gasteiger partial charge in [-0.05, 0) is 29.8 Å². The van der Waals surface area contributed by atoms with E-state index < -0.39 is 16.0 Å². The lowest BCUT2D eigenvalue weighted by Gasteiger charge is -2.13. The van der Waals surface area contributed by atoms with Crippen molar-refractivity contribution in [3.63, 3.8) is 0 Å². The van der Waals surface area contributed by atoms with Crippen LogP contribution < -0.4 is 9.46 Å². The summed E-state index contributed by atoms with van der Waals surface area (Å²) in [5, 5.41) is 9.73. The number of methoxy groups -OCH3 is 1. The van der Waals surface area contributed by atoms with E-state index in [1.54, 1.807) is 24.4 Å². The Labute approximate surface area is 150 Å². The molecule has 0 aliphatic carbocycles. The summed E-state index contributed by atoms with van der Waals surface area (Å²) in [6.45, 7) is 0. The lowest BCUT2D eigenvalue weighted by atomic mass is 10.1. The SMILES string of the molecule is COc1ccc(CC(=O)O)cc1S(=O)(=O)Nc1cccc2cccnc12. The highest BCUT2D eigenvalue weighted by molar-refractivity contribution is 7.92. The van der Waals surface area contributed by atoms with Gasteiger partial charge in [-0.2, -0.15) is 0 Å². The molecule has 0 unspecified atom stereocenters. The number of fused-ring (bicyclic) bond motifs is 1. The highest BCUT2D eigenvalue weighted by Crippen LogP contribution is 2.29. The number of hydrogen-bond donors (Lipinski definition) is 2. The number of carboxylic acids is 1. The van der Waals surface area contributed by atoms with Gasteiger partial charge in [-0.3, -0.25) is 14.5 Å². The van der Waals surface area contributed by atoms with Crippen LogP contribution in [0.4, 0.5) is 5.69 Å². The van der Waals surface area contributed by atoms with Crippen LogP contribution in [0, 0.1) is 0 Å². The number of hydrogen-bond acceptors (Lipinski definition) is 5. The molecular formula is C18H16N2O5S. The van der Waals surface area contributed by atoms with Crippen molar-refractivity contribution in [3.8, 4) is 5.75 Å². The number of aromatic nitrogens is 1. The second-order valence-electron chi connectivity index (χ2n) is 5.54. The van der Waals surface area contributed by atoms with E-state index >= 15 is 0 Å². The minimum absolute atomic E-state index is 0.125. The van der Waals surface area contributed by atoms with Gasteiger partial charge in [-0.25, -0.2) is 8.42 Å². The molecule has 2 N–H and O–H groups in total. The van der Waals surface area contributed by atoms with Crippen molar-refractivity contribution in [2.75, 3.05) is 11.8 Å². The normalized spacial score (nSPS) is 11.3. The number of carboxylic acid groups (broad SMARTS) is 1. The Morgan fingerprint density at radius 1 is 1.19 bits per heavy atom. The van der Waals surface area contributed by atoms with Gasteiger partial charge in [0.2, 0.25) is 0 Å². The second-order valence-corrected chi connectivity index (χ2v) is 7.19. The van der Waals surface area contributed by atoms with Gasteiger partial charge in [0.25, 0.3) is 10.0 Å². The van der Waals surface area contributed by atoms with Gasteiger partial charge < -0.3 is 9.84 Å². The minimum Gasteiger partial charge on any atom is -0.495 e. The number of pyridine rings is 1. The molecule has 0 fully saturated rings. The number of carbonyl (C=O) groups is 1. The number of nitrogens with zero attached hydrogens (tertiary/aromatic N) is 1. The van der Waals surface area contributed by atoms with E-state index in [1.807, 2.05) is 12.1 Å². The van der Waals surface area contributed by atoms with E-state index in [2.05, 4.69) is 9.71 Å². The second kappa shape index (κ2) is 7.01. The number of aliphatic carboxylic acids is 1. The van der Waals surface area contributed by atoms with Crippen molar-refractivity contribution in [3.05, 3.63) is 60.3 Å². The largest absolute Gasteiger partial charge is 0.495 e. The van der Waals surface area contributed by atoms with Crippen LogP contribution in [0.1, 0.15) is 5.56 Å². The third-order valence-corrected chi connectivity index (χ3v) is 5.14. The monoisotopic (exact) mass is 372 g/mol. The molecule has 26 heavy (non-hydrogen) atoms. The van der Waals surface area contributed by atoms with Crippen molar-refractivity contribution in [2.45, 2.75) is 11.3 Å². The number of para-hydroxylation sites is 1. The van der Waals surface area contributed by atoms with Crippen LogP contribution in [-0.2, 0) is 21.2 Å². The lowest BCUT2D eigenvalue weighted by Crippen LogP contribution is -2.15. The topological polar surface area (TPSA) is 106 Å². The maximum Gasteiger partial charge on any atom is 0.307 e. The molecule has 3 aromatic rings. The van der Waals surface area contributed by atoms with Gasteiger partial charge in [0, 0.05) is 11.6 Å². The van der Waals surface area contributed by atoms with Crippen molar-refractivity contribution in [2.24, 2.45) is 0 Å². The molecule has 0 aliphatic rings. The highest BCUT2D eigenvalue weighted by atomic mass is 32.2. The van der Waals surface area contributed by atoms with Gasteiger partial charge in [0.1, 0.15) is 10.6 Å². The summed E-state index contributed by atoms with van der Waals surface area (Å²) in [6, 6.07) is 13.0. The summed E-state index contributed by atoms with van der Waals surface area (Å²) in [7, 11) is -2.66. The van der Waals surface area contributed by atoms with Crippen molar-refractivity contribution < 1.29 is 23.1 Å². The Hall–Kier alpha value is -3.13. The van der Waals surface area contributed by atoms with Crippen LogP contribution in [-0.4, -0.2) is 31.6 Å². The predicted octanol–water partition coefficient (Wildman–Crippen LogP) is 2.67. The average molecular weight is 372 g/mol. The standard InChI is InChI=1S/C18H16N2O5S/c1-25-15-8-7-12(11-17(21)22)10-16(15)26(23,24)20-14-6-2-4-13-5-3-9-19-18(13)14/h2-10,20H,11H2,1H3,(H,21,22). The molecule has 1 heterocycles. The van der Waals surface area contributed by atoms with E-state index in [4.69, 9.17) is 9.84 Å². The Balaban J connectivity index is 2.06. The minimum atomic E-state index is -4.01. The van der Waals surface area contributed by atoms with E-state index in [9.17, 15) is 13.2 Å². The lowest BCUT2D eigenvalue weighted by molar-refractivity contribution is -0.136. The fourth-order valence-electron chi connectivity index (χ4n) is 2.60. The molecule has 2 aromatic carbocycles. The third kappa shape index (κ3) is 3.60. The van der Waals surface area contributed by atoms with Gasteiger partial charge >= 0.3 is 5.97 Å². The summed E-state index contributed by atoms with van der Waals surface area (Å²) < 4.78 is 33.4. The molecule has 0 aliphatic heterocycles. The summed E-state index contributed by atoms with van der Waals surface area (Å²) in [4.78, 5) is 15.0. The molecule has 134 valence electrons. The smallest absolute Gasteiger partial charge is 0.307 e. The molecule has 3 rings (SSSR count). The van der Waals surface area contributed by atoms with Gasteiger partial charge in [0.05, 0.1) is 24.7 Å². The molecule has 0 amide bonds. The van der Waals surface area contributed by atoms with E-state index in [0.717, 1.165) is 5.39 Å². The van der Waals surface area contributed by atoms with Crippen LogP contribution in [0.2, 0.25) is 0 Å².